The third-order valence-electron chi connectivity index (χ3n) is 3.14. The van der Waals surface area contributed by atoms with E-state index in [-0.39, 0.29) is 11.4 Å². The molecular formula is C16H10F2N2O2. The molecule has 3 rings (SSSR count). The number of benzene rings is 2. The van der Waals surface area contributed by atoms with Crippen molar-refractivity contribution in [1.29, 1.82) is 0 Å². The van der Waals surface area contributed by atoms with Gasteiger partial charge in [0.05, 0.1) is 11.4 Å². The van der Waals surface area contributed by atoms with Crippen molar-refractivity contribution >= 4 is 5.97 Å². The number of nitrogens with zero attached hydrogens (tertiary/aromatic N) is 2. The summed E-state index contributed by atoms with van der Waals surface area (Å²) < 4.78 is 27.6. The fourth-order valence-corrected chi connectivity index (χ4v) is 2.10. The highest BCUT2D eigenvalue weighted by Crippen LogP contribution is 2.23. The van der Waals surface area contributed by atoms with Crippen LogP contribution in [0.2, 0.25) is 0 Å². The van der Waals surface area contributed by atoms with Crippen LogP contribution < -0.4 is 0 Å². The van der Waals surface area contributed by atoms with E-state index in [0.717, 1.165) is 12.1 Å². The lowest BCUT2D eigenvalue weighted by Crippen LogP contribution is -2.07. The third kappa shape index (κ3) is 2.46. The van der Waals surface area contributed by atoms with Gasteiger partial charge in [0.2, 0.25) is 0 Å². The lowest BCUT2D eigenvalue weighted by Gasteiger charge is -2.03. The molecule has 0 saturated heterocycles. The third-order valence-corrected chi connectivity index (χ3v) is 3.14. The minimum absolute atomic E-state index is 0.0640. The Labute approximate surface area is 124 Å². The van der Waals surface area contributed by atoms with Gasteiger partial charge in [-0.3, -0.25) is 0 Å². The first-order valence-corrected chi connectivity index (χ1v) is 6.40. The number of aromatic nitrogens is 2. The summed E-state index contributed by atoms with van der Waals surface area (Å²) in [5.74, 6) is -3.14. The predicted molar refractivity (Wildman–Crippen MR) is 75.9 cm³/mol. The summed E-state index contributed by atoms with van der Waals surface area (Å²) in [4.78, 5) is 11.4. The van der Waals surface area contributed by atoms with Crippen LogP contribution in [0.15, 0.2) is 54.6 Å². The molecule has 0 atom stereocenters. The van der Waals surface area contributed by atoms with Crippen LogP contribution >= 0.6 is 0 Å². The van der Waals surface area contributed by atoms with E-state index in [0.29, 0.717) is 11.3 Å². The normalized spacial score (nSPS) is 10.6. The number of para-hydroxylation sites is 1. The smallest absolute Gasteiger partial charge is 0.354 e. The van der Waals surface area contributed by atoms with Crippen LogP contribution in [0.3, 0.4) is 0 Å². The molecule has 0 amide bonds. The van der Waals surface area contributed by atoms with Crippen molar-refractivity contribution in [3.8, 4) is 16.9 Å². The number of hydrogen-bond acceptors (Lipinski definition) is 2. The van der Waals surface area contributed by atoms with Crippen LogP contribution in [0.4, 0.5) is 8.78 Å². The van der Waals surface area contributed by atoms with Gasteiger partial charge in [-0.1, -0.05) is 18.2 Å². The topological polar surface area (TPSA) is 55.1 Å². The van der Waals surface area contributed by atoms with Crippen molar-refractivity contribution in [2.24, 2.45) is 0 Å². The molecule has 4 nitrogen and oxygen atoms in total. The molecule has 1 aromatic heterocycles. The summed E-state index contributed by atoms with van der Waals surface area (Å²) >= 11 is 0. The Morgan fingerprint density at radius 3 is 2.36 bits per heavy atom. The number of rotatable bonds is 3. The molecule has 0 spiro atoms. The van der Waals surface area contributed by atoms with Gasteiger partial charge in [0.1, 0.15) is 0 Å². The Bertz CT molecular complexity index is 845. The molecule has 0 aliphatic rings. The van der Waals surface area contributed by atoms with Crippen molar-refractivity contribution in [2.45, 2.75) is 0 Å². The van der Waals surface area contributed by atoms with Gasteiger partial charge in [-0.25, -0.2) is 18.3 Å². The lowest BCUT2D eigenvalue weighted by molar-refractivity contribution is 0.0687. The van der Waals surface area contributed by atoms with Crippen molar-refractivity contribution < 1.29 is 18.7 Å². The SMILES string of the molecule is O=C(O)c1cc(-c2ccc(F)c(F)c2)nn1-c1ccccc1. The average molecular weight is 300 g/mol. The Morgan fingerprint density at radius 2 is 1.73 bits per heavy atom. The quantitative estimate of drug-likeness (QED) is 0.805. The van der Waals surface area contributed by atoms with Crippen molar-refractivity contribution in [2.75, 3.05) is 0 Å². The molecule has 0 saturated carbocycles. The second kappa shape index (κ2) is 5.40. The highest BCUT2D eigenvalue weighted by atomic mass is 19.2. The standard InChI is InChI=1S/C16H10F2N2O2/c17-12-7-6-10(8-13(12)18)14-9-15(16(21)22)20(19-14)11-4-2-1-3-5-11/h1-9H,(H,21,22). The van der Waals surface area contributed by atoms with Crippen LogP contribution in [0.1, 0.15) is 10.5 Å². The van der Waals surface area contributed by atoms with Gasteiger partial charge in [0.25, 0.3) is 0 Å². The number of halogens is 2. The van der Waals surface area contributed by atoms with Gasteiger partial charge in [-0.05, 0) is 36.4 Å². The Balaban J connectivity index is 2.15. The molecule has 0 aliphatic heterocycles. The summed E-state index contributed by atoms with van der Waals surface area (Å²) in [6.07, 6.45) is 0. The van der Waals surface area contributed by atoms with Gasteiger partial charge in [0.15, 0.2) is 17.3 Å². The molecule has 22 heavy (non-hydrogen) atoms. The molecule has 6 heteroatoms. The maximum absolute atomic E-state index is 13.3. The highest BCUT2D eigenvalue weighted by molar-refractivity contribution is 5.88. The van der Waals surface area contributed by atoms with E-state index in [2.05, 4.69) is 5.10 Å². The second-order valence-electron chi connectivity index (χ2n) is 4.60. The molecule has 0 radical (unpaired) electrons. The molecule has 3 aromatic rings. The number of carboxylic acid groups (broad SMARTS) is 1. The zero-order valence-electron chi connectivity index (χ0n) is 11.2. The fourth-order valence-electron chi connectivity index (χ4n) is 2.10. The van der Waals surface area contributed by atoms with Crippen LogP contribution in [0, 0.1) is 11.6 Å². The summed E-state index contributed by atoms with van der Waals surface area (Å²) in [5, 5.41) is 13.5. The second-order valence-corrected chi connectivity index (χ2v) is 4.60. The Morgan fingerprint density at radius 1 is 1.00 bits per heavy atom. The number of carboxylic acids is 1. The molecule has 1 N–H and O–H groups in total. The molecule has 0 fully saturated rings. The van der Waals surface area contributed by atoms with Crippen molar-refractivity contribution in [3.05, 3.63) is 71.9 Å². The molecule has 0 bridgehead atoms. The minimum atomic E-state index is -1.16. The van der Waals surface area contributed by atoms with Crippen molar-refractivity contribution in [3.63, 3.8) is 0 Å². The van der Waals surface area contributed by atoms with E-state index in [9.17, 15) is 18.7 Å². The largest absolute Gasteiger partial charge is 0.477 e. The minimum Gasteiger partial charge on any atom is -0.477 e. The van der Waals surface area contributed by atoms with Gasteiger partial charge < -0.3 is 5.11 Å². The zero-order valence-corrected chi connectivity index (χ0v) is 11.2. The van der Waals surface area contributed by atoms with E-state index in [4.69, 9.17) is 0 Å². The maximum atomic E-state index is 13.3. The Hall–Kier alpha value is -3.02. The van der Waals surface area contributed by atoms with Gasteiger partial charge in [-0.15, -0.1) is 0 Å². The first-order chi connectivity index (χ1) is 10.6. The van der Waals surface area contributed by atoms with E-state index in [1.165, 1.54) is 16.8 Å². The van der Waals surface area contributed by atoms with Gasteiger partial charge in [-0.2, -0.15) is 5.10 Å². The van der Waals surface area contributed by atoms with Gasteiger partial charge >= 0.3 is 5.97 Å². The van der Waals surface area contributed by atoms with Crippen LogP contribution in [0.25, 0.3) is 16.9 Å². The van der Waals surface area contributed by atoms with E-state index in [1.54, 1.807) is 30.3 Å². The van der Waals surface area contributed by atoms with E-state index < -0.39 is 17.6 Å². The first kappa shape index (κ1) is 13.9. The van der Waals surface area contributed by atoms with Crippen molar-refractivity contribution in [1.82, 2.24) is 9.78 Å². The summed E-state index contributed by atoms with van der Waals surface area (Å²) in [6, 6.07) is 13.3. The van der Waals surface area contributed by atoms with Gasteiger partial charge in [0, 0.05) is 5.56 Å². The molecule has 0 unspecified atom stereocenters. The summed E-state index contributed by atoms with van der Waals surface area (Å²) in [7, 11) is 0. The van der Waals surface area contributed by atoms with Crippen LogP contribution in [-0.2, 0) is 0 Å². The fraction of sp³-hybridized carbons (Fsp3) is 0. The maximum Gasteiger partial charge on any atom is 0.354 e. The highest BCUT2D eigenvalue weighted by Gasteiger charge is 2.17. The number of carbonyl (C=O) groups is 1. The molecule has 110 valence electrons. The summed E-state index contributed by atoms with van der Waals surface area (Å²) in [5.41, 5.74) is 1.05. The zero-order chi connectivity index (χ0) is 15.7. The molecule has 1 heterocycles. The Kier molecular flexibility index (Phi) is 3.42. The average Bonchev–Trinajstić information content (AvgIpc) is 2.96. The molecular weight excluding hydrogens is 290 g/mol. The number of hydrogen-bond donors (Lipinski definition) is 1. The van der Waals surface area contributed by atoms with E-state index >= 15 is 0 Å². The first-order valence-electron chi connectivity index (χ1n) is 6.40. The number of aromatic carboxylic acids is 1. The summed E-state index contributed by atoms with van der Waals surface area (Å²) in [6.45, 7) is 0. The monoisotopic (exact) mass is 300 g/mol. The predicted octanol–water partition coefficient (Wildman–Crippen LogP) is 3.52. The van der Waals surface area contributed by atoms with E-state index in [1.807, 2.05) is 0 Å². The van der Waals surface area contributed by atoms with Crippen LogP contribution in [0.5, 0.6) is 0 Å². The van der Waals surface area contributed by atoms with Crippen LogP contribution in [-0.4, -0.2) is 20.9 Å². The molecule has 0 aliphatic carbocycles. The lowest BCUT2D eigenvalue weighted by atomic mass is 10.1. The molecule has 2 aromatic carbocycles.